The molecule has 1 rings (SSSR count). The standard InChI is InChI=1S/C11H14N2O/c1-8-3-4-9(5-10(8)6-12)11(7-14)13-2/h3-5,11,13-14H,7H2,1-2H3/t11-/m1/s1. The second-order valence-corrected chi connectivity index (χ2v) is 3.21. The van der Waals surface area contributed by atoms with E-state index in [1.807, 2.05) is 25.1 Å². The molecule has 3 nitrogen and oxygen atoms in total. The number of nitrogens with zero attached hydrogens (tertiary/aromatic N) is 1. The van der Waals surface area contributed by atoms with Crippen LogP contribution in [0.5, 0.6) is 0 Å². The van der Waals surface area contributed by atoms with Gasteiger partial charge in [-0.15, -0.1) is 0 Å². The van der Waals surface area contributed by atoms with Gasteiger partial charge in [-0.25, -0.2) is 0 Å². The maximum atomic E-state index is 9.07. The third-order valence-corrected chi connectivity index (χ3v) is 2.32. The molecule has 0 saturated heterocycles. The molecule has 14 heavy (non-hydrogen) atoms. The summed E-state index contributed by atoms with van der Waals surface area (Å²) >= 11 is 0. The first-order valence-electron chi connectivity index (χ1n) is 4.51. The molecule has 2 N–H and O–H groups in total. The number of aliphatic hydroxyl groups is 1. The summed E-state index contributed by atoms with van der Waals surface area (Å²) in [4.78, 5) is 0. The number of nitrogens with one attached hydrogen (secondary N) is 1. The van der Waals surface area contributed by atoms with E-state index in [9.17, 15) is 0 Å². The fraction of sp³-hybridized carbons (Fsp3) is 0.364. The van der Waals surface area contributed by atoms with E-state index in [4.69, 9.17) is 10.4 Å². The zero-order chi connectivity index (χ0) is 10.6. The lowest BCUT2D eigenvalue weighted by Crippen LogP contribution is -2.20. The fourth-order valence-corrected chi connectivity index (χ4v) is 1.34. The van der Waals surface area contributed by atoms with Crippen molar-refractivity contribution < 1.29 is 5.11 Å². The first-order valence-corrected chi connectivity index (χ1v) is 4.51. The lowest BCUT2D eigenvalue weighted by atomic mass is 10.0. The Kier molecular flexibility index (Phi) is 3.63. The van der Waals surface area contributed by atoms with Gasteiger partial charge in [-0.1, -0.05) is 12.1 Å². The number of aliphatic hydroxyl groups excluding tert-OH is 1. The molecular weight excluding hydrogens is 176 g/mol. The molecule has 0 spiro atoms. The second-order valence-electron chi connectivity index (χ2n) is 3.21. The quantitative estimate of drug-likeness (QED) is 0.751. The molecule has 0 aromatic heterocycles. The zero-order valence-corrected chi connectivity index (χ0v) is 8.41. The molecule has 3 heteroatoms. The highest BCUT2D eigenvalue weighted by molar-refractivity contribution is 5.40. The van der Waals surface area contributed by atoms with Crippen molar-refractivity contribution in [3.63, 3.8) is 0 Å². The van der Waals surface area contributed by atoms with E-state index in [0.29, 0.717) is 5.56 Å². The molecule has 1 aromatic rings. The Morgan fingerprint density at radius 1 is 1.57 bits per heavy atom. The first-order chi connectivity index (χ1) is 6.72. The largest absolute Gasteiger partial charge is 0.394 e. The molecule has 0 amide bonds. The topological polar surface area (TPSA) is 56.0 Å². The number of likely N-dealkylation sites (N-methyl/N-ethyl adjacent to an activating group) is 1. The van der Waals surface area contributed by atoms with E-state index >= 15 is 0 Å². The highest BCUT2D eigenvalue weighted by Gasteiger charge is 2.08. The molecule has 0 aliphatic rings. The van der Waals surface area contributed by atoms with Gasteiger partial charge in [0.25, 0.3) is 0 Å². The van der Waals surface area contributed by atoms with Gasteiger partial charge in [0.05, 0.1) is 24.3 Å². The average Bonchev–Trinajstić information content (AvgIpc) is 2.22. The van der Waals surface area contributed by atoms with Gasteiger partial charge in [-0.05, 0) is 31.2 Å². The van der Waals surface area contributed by atoms with Crippen molar-refractivity contribution in [2.45, 2.75) is 13.0 Å². The first kappa shape index (κ1) is 10.7. The van der Waals surface area contributed by atoms with Gasteiger partial charge in [0.15, 0.2) is 0 Å². The average molecular weight is 190 g/mol. The van der Waals surface area contributed by atoms with Gasteiger partial charge in [0.2, 0.25) is 0 Å². The van der Waals surface area contributed by atoms with Crippen molar-refractivity contribution >= 4 is 0 Å². The molecule has 0 heterocycles. The summed E-state index contributed by atoms with van der Waals surface area (Å²) in [7, 11) is 1.78. The second kappa shape index (κ2) is 4.75. The minimum Gasteiger partial charge on any atom is -0.394 e. The molecule has 0 aliphatic heterocycles. The van der Waals surface area contributed by atoms with Gasteiger partial charge in [-0.2, -0.15) is 5.26 Å². The SMILES string of the molecule is CN[C@H](CO)c1ccc(C)c(C#N)c1. The Labute approximate surface area is 84.0 Å². The van der Waals surface area contributed by atoms with Crippen molar-refractivity contribution in [1.82, 2.24) is 5.32 Å². The third-order valence-electron chi connectivity index (χ3n) is 2.32. The zero-order valence-electron chi connectivity index (χ0n) is 8.41. The lowest BCUT2D eigenvalue weighted by Gasteiger charge is -2.14. The van der Waals surface area contributed by atoms with E-state index in [1.54, 1.807) is 7.05 Å². The Bertz CT molecular complexity index is 351. The molecule has 1 atom stereocenters. The van der Waals surface area contributed by atoms with Gasteiger partial charge >= 0.3 is 0 Å². The molecule has 74 valence electrons. The number of rotatable bonds is 3. The highest BCUT2D eigenvalue weighted by Crippen LogP contribution is 2.16. The van der Waals surface area contributed by atoms with Gasteiger partial charge in [-0.3, -0.25) is 0 Å². The predicted molar refractivity (Wildman–Crippen MR) is 54.8 cm³/mol. The van der Waals surface area contributed by atoms with Crippen LogP contribution in [0.25, 0.3) is 0 Å². The van der Waals surface area contributed by atoms with Crippen LogP contribution in [-0.2, 0) is 0 Å². The van der Waals surface area contributed by atoms with Crippen LogP contribution in [-0.4, -0.2) is 18.8 Å². The van der Waals surface area contributed by atoms with E-state index in [0.717, 1.165) is 11.1 Å². The van der Waals surface area contributed by atoms with Gasteiger partial charge in [0.1, 0.15) is 0 Å². The summed E-state index contributed by atoms with van der Waals surface area (Å²) in [6, 6.07) is 7.67. The summed E-state index contributed by atoms with van der Waals surface area (Å²) in [6.07, 6.45) is 0. The normalized spacial score (nSPS) is 12.1. The molecule has 1 aromatic carbocycles. The number of benzene rings is 1. The minimum absolute atomic E-state index is 0.0322. The van der Waals surface area contributed by atoms with Crippen LogP contribution in [0.15, 0.2) is 18.2 Å². The number of nitriles is 1. The van der Waals surface area contributed by atoms with E-state index < -0.39 is 0 Å². The van der Waals surface area contributed by atoms with Crippen molar-refractivity contribution in [3.05, 3.63) is 34.9 Å². The summed E-state index contributed by atoms with van der Waals surface area (Å²) in [5, 5.41) is 20.9. The van der Waals surface area contributed by atoms with E-state index in [1.165, 1.54) is 0 Å². The molecule has 0 bridgehead atoms. The number of hydrogen-bond donors (Lipinski definition) is 2. The summed E-state index contributed by atoms with van der Waals surface area (Å²) in [5.74, 6) is 0. The van der Waals surface area contributed by atoms with Crippen LogP contribution in [0, 0.1) is 18.3 Å². The third kappa shape index (κ3) is 2.11. The fourth-order valence-electron chi connectivity index (χ4n) is 1.34. The monoisotopic (exact) mass is 190 g/mol. The lowest BCUT2D eigenvalue weighted by molar-refractivity contribution is 0.251. The molecule has 0 saturated carbocycles. The van der Waals surface area contributed by atoms with Crippen molar-refractivity contribution in [1.29, 1.82) is 5.26 Å². The molecule has 0 radical (unpaired) electrons. The molecular formula is C11H14N2O. The predicted octanol–water partition coefficient (Wildman–Crippen LogP) is 1.12. The Hall–Kier alpha value is -1.37. The number of aryl methyl sites for hydroxylation is 1. The van der Waals surface area contributed by atoms with Crippen molar-refractivity contribution in [2.75, 3.05) is 13.7 Å². The van der Waals surface area contributed by atoms with Crippen molar-refractivity contribution in [2.24, 2.45) is 0 Å². The van der Waals surface area contributed by atoms with Crippen LogP contribution >= 0.6 is 0 Å². The van der Waals surface area contributed by atoms with Gasteiger partial charge in [0, 0.05) is 0 Å². The molecule has 0 unspecified atom stereocenters. The van der Waals surface area contributed by atoms with Crippen LogP contribution in [0.4, 0.5) is 0 Å². The summed E-state index contributed by atoms with van der Waals surface area (Å²) < 4.78 is 0. The van der Waals surface area contributed by atoms with Crippen LogP contribution in [0.3, 0.4) is 0 Å². The Balaban J connectivity index is 3.06. The van der Waals surface area contributed by atoms with Gasteiger partial charge < -0.3 is 10.4 Å². The number of hydrogen-bond acceptors (Lipinski definition) is 3. The van der Waals surface area contributed by atoms with Crippen LogP contribution in [0.2, 0.25) is 0 Å². The Morgan fingerprint density at radius 3 is 2.79 bits per heavy atom. The summed E-state index contributed by atoms with van der Waals surface area (Å²) in [5.41, 5.74) is 2.57. The summed E-state index contributed by atoms with van der Waals surface area (Å²) in [6.45, 7) is 1.93. The maximum absolute atomic E-state index is 9.07. The smallest absolute Gasteiger partial charge is 0.0994 e. The minimum atomic E-state index is -0.0947. The van der Waals surface area contributed by atoms with E-state index in [-0.39, 0.29) is 12.6 Å². The Morgan fingerprint density at radius 2 is 2.29 bits per heavy atom. The van der Waals surface area contributed by atoms with Crippen molar-refractivity contribution in [3.8, 4) is 6.07 Å². The highest BCUT2D eigenvalue weighted by atomic mass is 16.3. The molecule has 0 aliphatic carbocycles. The van der Waals surface area contributed by atoms with Crippen LogP contribution < -0.4 is 5.32 Å². The molecule has 0 fully saturated rings. The maximum Gasteiger partial charge on any atom is 0.0994 e. The van der Waals surface area contributed by atoms with Crippen LogP contribution in [0.1, 0.15) is 22.7 Å². The van der Waals surface area contributed by atoms with E-state index in [2.05, 4.69) is 11.4 Å².